The Labute approximate surface area is 176 Å². The molecule has 0 radical (unpaired) electrons. The SMILES string of the molecule is COc1cc(OC)cc(C(=O)Nc2nc(-c3ccc4c(c3)NC(=O)[C@H](C)O4)cs2)c1. The maximum Gasteiger partial charge on any atom is 0.265 e. The topological polar surface area (TPSA) is 98.8 Å². The zero-order chi connectivity index (χ0) is 21.3. The fourth-order valence-corrected chi connectivity index (χ4v) is 3.65. The molecular formula is C21H19N3O5S. The Morgan fingerprint density at radius 3 is 2.60 bits per heavy atom. The van der Waals surface area contributed by atoms with E-state index in [1.165, 1.54) is 25.6 Å². The summed E-state index contributed by atoms with van der Waals surface area (Å²) in [6.07, 6.45) is -0.528. The average molecular weight is 425 g/mol. The van der Waals surface area contributed by atoms with Gasteiger partial charge in [0, 0.05) is 22.6 Å². The Bertz CT molecular complexity index is 1110. The van der Waals surface area contributed by atoms with Crippen molar-refractivity contribution in [2.45, 2.75) is 13.0 Å². The fraction of sp³-hybridized carbons (Fsp3) is 0.190. The van der Waals surface area contributed by atoms with E-state index < -0.39 is 6.10 Å². The molecule has 2 N–H and O–H groups in total. The number of ether oxygens (including phenoxy) is 3. The van der Waals surface area contributed by atoms with Crippen LogP contribution in [-0.2, 0) is 4.79 Å². The molecule has 1 aliphatic heterocycles. The number of anilines is 2. The van der Waals surface area contributed by atoms with Crippen molar-refractivity contribution in [1.29, 1.82) is 0 Å². The molecule has 3 aromatic rings. The highest BCUT2D eigenvalue weighted by atomic mass is 32.1. The lowest BCUT2D eigenvalue weighted by atomic mass is 10.1. The van der Waals surface area contributed by atoms with Crippen LogP contribution in [0.15, 0.2) is 41.8 Å². The minimum atomic E-state index is -0.528. The summed E-state index contributed by atoms with van der Waals surface area (Å²) in [4.78, 5) is 29.0. The van der Waals surface area contributed by atoms with Gasteiger partial charge in [0.1, 0.15) is 17.2 Å². The number of benzene rings is 2. The number of carbonyl (C=O) groups excluding carboxylic acids is 2. The van der Waals surface area contributed by atoms with E-state index in [4.69, 9.17) is 14.2 Å². The molecule has 0 spiro atoms. The summed E-state index contributed by atoms with van der Waals surface area (Å²) in [7, 11) is 3.05. The number of hydrogen-bond donors (Lipinski definition) is 2. The molecule has 0 unspecified atom stereocenters. The molecule has 2 amide bonds. The van der Waals surface area contributed by atoms with E-state index in [1.54, 1.807) is 37.3 Å². The number of methoxy groups -OCH3 is 2. The predicted molar refractivity (Wildman–Crippen MR) is 114 cm³/mol. The van der Waals surface area contributed by atoms with Gasteiger partial charge in [-0.15, -0.1) is 11.3 Å². The van der Waals surface area contributed by atoms with E-state index in [0.29, 0.717) is 39.3 Å². The second-order valence-corrected chi connectivity index (χ2v) is 7.41. The molecule has 0 fully saturated rings. The van der Waals surface area contributed by atoms with Crippen LogP contribution >= 0.6 is 11.3 Å². The number of nitrogens with zero attached hydrogens (tertiary/aromatic N) is 1. The maximum absolute atomic E-state index is 12.6. The van der Waals surface area contributed by atoms with Crippen LogP contribution in [0.2, 0.25) is 0 Å². The Morgan fingerprint density at radius 2 is 1.90 bits per heavy atom. The first kappa shape index (κ1) is 19.7. The molecule has 30 heavy (non-hydrogen) atoms. The summed E-state index contributed by atoms with van der Waals surface area (Å²) in [5.41, 5.74) is 2.46. The summed E-state index contributed by atoms with van der Waals surface area (Å²) in [6.45, 7) is 1.69. The molecule has 1 atom stereocenters. The van der Waals surface area contributed by atoms with Gasteiger partial charge >= 0.3 is 0 Å². The summed E-state index contributed by atoms with van der Waals surface area (Å²) in [5, 5.41) is 7.89. The quantitative estimate of drug-likeness (QED) is 0.645. The molecule has 0 saturated carbocycles. The van der Waals surface area contributed by atoms with Gasteiger partial charge in [-0.05, 0) is 37.3 Å². The number of rotatable bonds is 5. The van der Waals surface area contributed by atoms with Gasteiger partial charge in [-0.3, -0.25) is 14.9 Å². The second-order valence-electron chi connectivity index (χ2n) is 6.55. The molecule has 8 nitrogen and oxygen atoms in total. The van der Waals surface area contributed by atoms with E-state index in [-0.39, 0.29) is 11.8 Å². The van der Waals surface area contributed by atoms with E-state index in [0.717, 1.165) is 5.56 Å². The number of nitrogens with one attached hydrogen (secondary N) is 2. The largest absolute Gasteiger partial charge is 0.497 e. The van der Waals surface area contributed by atoms with Gasteiger partial charge in [-0.2, -0.15) is 0 Å². The lowest BCUT2D eigenvalue weighted by Crippen LogP contribution is -2.34. The van der Waals surface area contributed by atoms with Crippen molar-refractivity contribution in [3.63, 3.8) is 0 Å². The van der Waals surface area contributed by atoms with E-state index in [2.05, 4.69) is 15.6 Å². The standard InChI is InChI=1S/C21H19N3O5S/c1-11-19(25)22-16-8-12(4-5-18(16)29-11)17-10-30-21(23-17)24-20(26)13-6-14(27-2)9-15(7-13)28-3/h4-11H,1-3H3,(H,22,25)(H,23,24,26)/t11-/m0/s1. The molecule has 1 aliphatic rings. The Hall–Kier alpha value is -3.59. The Morgan fingerprint density at radius 1 is 1.17 bits per heavy atom. The first-order valence-electron chi connectivity index (χ1n) is 9.08. The van der Waals surface area contributed by atoms with Crippen LogP contribution in [0, 0.1) is 0 Å². The van der Waals surface area contributed by atoms with Gasteiger partial charge in [-0.1, -0.05) is 0 Å². The third-order valence-electron chi connectivity index (χ3n) is 4.54. The van der Waals surface area contributed by atoms with Crippen molar-refractivity contribution >= 4 is 34.0 Å². The normalized spacial score (nSPS) is 14.9. The minimum absolute atomic E-state index is 0.195. The third kappa shape index (κ3) is 3.92. The highest BCUT2D eigenvalue weighted by Gasteiger charge is 2.24. The van der Waals surface area contributed by atoms with Gasteiger partial charge in [0.2, 0.25) is 0 Å². The monoisotopic (exact) mass is 425 g/mol. The Balaban J connectivity index is 1.53. The van der Waals surface area contributed by atoms with E-state index >= 15 is 0 Å². The molecule has 2 heterocycles. The maximum atomic E-state index is 12.6. The van der Waals surface area contributed by atoms with Gasteiger partial charge < -0.3 is 19.5 Å². The number of carbonyl (C=O) groups is 2. The lowest BCUT2D eigenvalue weighted by Gasteiger charge is -2.23. The number of fused-ring (bicyclic) bond motifs is 1. The van der Waals surface area contributed by atoms with Crippen molar-refractivity contribution in [2.75, 3.05) is 24.9 Å². The van der Waals surface area contributed by atoms with Crippen molar-refractivity contribution in [3.05, 3.63) is 47.3 Å². The number of amides is 2. The predicted octanol–water partition coefficient (Wildman–Crippen LogP) is 3.80. The van der Waals surface area contributed by atoms with Crippen LogP contribution in [0.5, 0.6) is 17.2 Å². The molecule has 1 aromatic heterocycles. The smallest absolute Gasteiger partial charge is 0.265 e. The second kappa shape index (κ2) is 8.03. The summed E-state index contributed by atoms with van der Waals surface area (Å²) in [5.74, 6) is 1.13. The van der Waals surface area contributed by atoms with Gasteiger partial charge in [0.05, 0.1) is 25.6 Å². The van der Waals surface area contributed by atoms with Crippen LogP contribution in [0.3, 0.4) is 0 Å². The molecule has 9 heteroatoms. The third-order valence-corrected chi connectivity index (χ3v) is 5.30. The summed E-state index contributed by atoms with van der Waals surface area (Å²) < 4.78 is 16.0. The van der Waals surface area contributed by atoms with Crippen molar-refractivity contribution in [3.8, 4) is 28.5 Å². The summed E-state index contributed by atoms with van der Waals surface area (Å²) in [6, 6.07) is 10.4. The molecule has 0 aliphatic carbocycles. The van der Waals surface area contributed by atoms with Crippen molar-refractivity contribution in [1.82, 2.24) is 4.98 Å². The zero-order valence-corrected chi connectivity index (χ0v) is 17.3. The highest BCUT2D eigenvalue weighted by Crippen LogP contribution is 2.35. The fourth-order valence-electron chi connectivity index (χ4n) is 2.94. The molecule has 0 saturated heterocycles. The molecular weight excluding hydrogens is 406 g/mol. The van der Waals surface area contributed by atoms with Crippen LogP contribution in [0.1, 0.15) is 17.3 Å². The van der Waals surface area contributed by atoms with Crippen LogP contribution in [-0.4, -0.2) is 37.1 Å². The first-order chi connectivity index (χ1) is 14.5. The number of aromatic nitrogens is 1. The first-order valence-corrected chi connectivity index (χ1v) is 9.96. The lowest BCUT2D eigenvalue weighted by molar-refractivity contribution is -0.122. The summed E-state index contributed by atoms with van der Waals surface area (Å²) >= 11 is 1.30. The van der Waals surface area contributed by atoms with Crippen molar-refractivity contribution < 1.29 is 23.8 Å². The van der Waals surface area contributed by atoms with Gasteiger partial charge in [0.15, 0.2) is 11.2 Å². The van der Waals surface area contributed by atoms with Crippen molar-refractivity contribution in [2.24, 2.45) is 0 Å². The van der Waals surface area contributed by atoms with Crippen LogP contribution < -0.4 is 24.8 Å². The van der Waals surface area contributed by atoms with Crippen LogP contribution in [0.25, 0.3) is 11.3 Å². The van der Waals surface area contributed by atoms with Gasteiger partial charge in [0.25, 0.3) is 11.8 Å². The van der Waals surface area contributed by atoms with Gasteiger partial charge in [-0.25, -0.2) is 4.98 Å². The number of thiazole rings is 1. The molecule has 2 aromatic carbocycles. The number of hydrogen-bond acceptors (Lipinski definition) is 7. The highest BCUT2D eigenvalue weighted by molar-refractivity contribution is 7.14. The van der Waals surface area contributed by atoms with Crippen LogP contribution in [0.4, 0.5) is 10.8 Å². The Kier molecular flexibility index (Phi) is 5.28. The molecule has 0 bridgehead atoms. The zero-order valence-electron chi connectivity index (χ0n) is 16.5. The van der Waals surface area contributed by atoms with E-state index in [1.807, 2.05) is 11.4 Å². The molecule has 4 rings (SSSR count). The van der Waals surface area contributed by atoms with E-state index in [9.17, 15) is 9.59 Å². The molecule has 154 valence electrons. The minimum Gasteiger partial charge on any atom is -0.497 e. The average Bonchev–Trinajstić information content (AvgIpc) is 3.22.